The summed E-state index contributed by atoms with van der Waals surface area (Å²) in [5, 5.41) is 6.58. The van der Waals surface area contributed by atoms with Crippen LogP contribution >= 0.6 is 0 Å². The molecule has 1 saturated heterocycles. The highest BCUT2D eigenvalue weighted by Gasteiger charge is 2.33. The maximum absolute atomic E-state index is 12.2. The first-order valence-corrected chi connectivity index (χ1v) is 7.81. The van der Waals surface area contributed by atoms with E-state index >= 15 is 0 Å². The van der Waals surface area contributed by atoms with Gasteiger partial charge in [0.15, 0.2) is 0 Å². The molecule has 1 unspecified atom stereocenters. The average molecular weight is 272 g/mol. The van der Waals surface area contributed by atoms with E-state index < -0.39 is 0 Å². The van der Waals surface area contributed by atoms with Gasteiger partial charge in [-0.05, 0) is 49.3 Å². The molecule has 0 bridgehead atoms. The molecule has 1 atom stereocenters. The van der Waals surface area contributed by atoms with Gasteiger partial charge >= 0.3 is 0 Å². The molecule has 2 fully saturated rings. The van der Waals surface area contributed by atoms with Gasteiger partial charge in [0.1, 0.15) is 0 Å². The molecule has 1 aliphatic carbocycles. The highest BCUT2D eigenvalue weighted by molar-refractivity contribution is 5.79. The fraction of sp³-hybridized carbons (Fsp3) is 0.588. The Bertz CT molecular complexity index is 470. The molecule has 3 nitrogen and oxygen atoms in total. The first-order valence-electron chi connectivity index (χ1n) is 7.81. The average Bonchev–Trinajstić information content (AvgIpc) is 3.20. The molecule has 0 radical (unpaired) electrons. The van der Waals surface area contributed by atoms with Gasteiger partial charge in [0, 0.05) is 6.54 Å². The molecule has 2 aliphatic rings. The highest BCUT2D eigenvalue weighted by Crippen LogP contribution is 2.39. The summed E-state index contributed by atoms with van der Waals surface area (Å²) < 4.78 is 0. The lowest BCUT2D eigenvalue weighted by Crippen LogP contribution is -2.50. The van der Waals surface area contributed by atoms with E-state index in [-0.39, 0.29) is 11.4 Å². The van der Waals surface area contributed by atoms with E-state index in [2.05, 4.69) is 41.8 Å². The van der Waals surface area contributed by atoms with Gasteiger partial charge in [0.05, 0.1) is 12.0 Å². The van der Waals surface area contributed by atoms with Gasteiger partial charge in [-0.1, -0.05) is 31.2 Å². The molecule has 108 valence electrons. The second-order valence-electron chi connectivity index (χ2n) is 6.30. The molecule has 3 heteroatoms. The van der Waals surface area contributed by atoms with Crippen molar-refractivity contribution < 1.29 is 4.79 Å². The Kier molecular flexibility index (Phi) is 3.79. The van der Waals surface area contributed by atoms with Crippen LogP contribution in [0.4, 0.5) is 0 Å². The van der Waals surface area contributed by atoms with Crippen LogP contribution < -0.4 is 10.6 Å². The minimum Gasteiger partial charge on any atom is -0.349 e. The van der Waals surface area contributed by atoms with Crippen LogP contribution in [0.2, 0.25) is 0 Å². The van der Waals surface area contributed by atoms with Crippen molar-refractivity contribution in [2.24, 2.45) is 0 Å². The number of nitrogens with one attached hydrogen (secondary N) is 2. The lowest BCUT2D eigenvalue weighted by atomic mass is 9.94. The van der Waals surface area contributed by atoms with Crippen LogP contribution in [0.1, 0.15) is 49.7 Å². The minimum atomic E-state index is -0.0228. The van der Waals surface area contributed by atoms with Crippen molar-refractivity contribution in [3.05, 3.63) is 35.4 Å². The third-order valence-corrected chi connectivity index (χ3v) is 4.72. The molecule has 2 N–H and O–H groups in total. The lowest BCUT2D eigenvalue weighted by Gasteiger charge is -2.28. The SMILES string of the molecule is CCC1(NC(=O)Cc2ccc(C3CC3)cc2)CCNC1. The fourth-order valence-corrected chi connectivity index (χ4v) is 3.09. The number of hydrogen-bond acceptors (Lipinski definition) is 2. The zero-order chi connectivity index (χ0) is 14.0. The van der Waals surface area contributed by atoms with Crippen molar-refractivity contribution in [3.63, 3.8) is 0 Å². The van der Waals surface area contributed by atoms with Crippen LogP contribution in [-0.2, 0) is 11.2 Å². The molecule has 1 heterocycles. The van der Waals surface area contributed by atoms with Gasteiger partial charge in [0.25, 0.3) is 0 Å². The monoisotopic (exact) mass is 272 g/mol. The van der Waals surface area contributed by atoms with Crippen molar-refractivity contribution in [2.45, 2.75) is 50.5 Å². The van der Waals surface area contributed by atoms with Crippen LogP contribution in [0.5, 0.6) is 0 Å². The fourth-order valence-electron chi connectivity index (χ4n) is 3.09. The van der Waals surface area contributed by atoms with Crippen LogP contribution in [0.3, 0.4) is 0 Å². The molecule has 1 saturated carbocycles. The summed E-state index contributed by atoms with van der Waals surface area (Å²) in [4.78, 5) is 12.2. The largest absolute Gasteiger partial charge is 0.349 e. The zero-order valence-electron chi connectivity index (χ0n) is 12.2. The third-order valence-electron chi connectivity index (χ3n) is 4.72. The summed E-state index contributed by atoms with van der Waals surface area (Å²) in [6, 6.07) is 8.59. The van der Waals surface area contributed by atoms with E-state index in [4.69, 9.17) is 0 Å². The van der Waals surface area contributed by atoms with Crippen LogP contribution in [0.25, 0.3) is 0 Å². The molecule has 0 aromatic heterocycles. The summed E-state index contributed by atoms with van der Waals surface area (Å²) in [7, 11) is 0. The Hall–Kier alpha value is -1.35. The molecule has 1 aliphatic heterocycles. The Labute approximate surface area is 121 Å². The number of rotatable bonds is 5. The van der Waals surface area contributed by atoms with E-state index in [0.29, 0.717) is 6.42 Å². The van der Waals surface area contributed by atoms with Crippen LogP contribution in [0.15, 0.2) is 24.3 Å². The maximum Gasteiger partial charge on any atom is 0.224 e. The van der Waals surface area contributed by atoms with Crippen molar-refractivity contribution in [1.29, 1.82) is 0 Å². The smallest absolute Gasteiger partial charge is 0.224 e. The normalized spacial score (nSPS) is 25.6. The van der Waals surface area contributed by atoms with Gasteiger partial charge < -0.3 is 10.6 Å². The Balaban J connectivity index is 1.57. The standard InChI is InChI=1S/C17H24N2O/c1-2-17(9-10-18-12-17)19-16(20)11-13-3-5-14(6-4-13)15-7-8-15/h3-6,15,18H,2,7-12H2,1H3,(H,19,20). The highest BCUT2D eigenvalue weighted by atomic mass is 16.1. The predicted molar refractivity (Wildman–Crippen MR) is 80.8 cm³/mol. The van der Waals surface area contributed by atoms with Gasteiger partial charge in [0.2, 0.25) is 5.91 Å². The summed E-state index contributed by atoms with van der Waals surface area (Å²) >= 11 is 0. The van der Waals surface area contributed by atoms with Crippen LogP contribution in [0, 0.1) is 0 Å². The van der Waals surface area contributed by atoms with Crippen molar-refractivity contribution in [2.75, 3.05) is 13.1 Å². The minimum absolute atomic E-state index is 0.0228. The first-order chi connectivity index (χ1) is 9.71. The predicted octanol–water partition coefficient (Wildman–Crippen LogP) is 2.36. The van der Waals surface area contributed by atoms with Crippen LogP contribution in [-0.4, -0.2) is 24.5 Å². The van der Waals surface area contributed by atoms with Crippen molar-refractivity contribution >= 4 is 5.91 Å². The molecular formula is C17H24N2O. The van der Waals surface area contributed by atoms with E-state index in [1.54, 1.807) is 0 Å². The number of benzene rings is 1. The van der Waals surface area contributed by atoms with Gasteiger partial charge in [-0.25, -0.2) is 0 Å². The Morgan fingerprint density at radius 2 is 2.10 bits per heavy atom. The first kappa shape index (κ1) is 13.6. The molecule has 0 spiro atoms. The molecule has 1 aromatic rings. The summed E-state index contributed by atoms with van der Waals surface area (Å²) in [6.45, 7) is 4.05. The Morgan fingerprint density at radius 1 is 1.35 bits per heavy atom. The van der Waals surface area contributed by atoms with Gasteiger partial charge in [-0.2, -0.15) is 0 Å². The summed E-state index contributed by atoms with van der Waals surface area (Å²) in [5.41, 5.74) is 2.52. The molecule has 1 amide bonds. The third kappa shape index (κ3) is 3.04. The van der Waals surface area contributed by atoms with E-state index in [1.165, 1.54) is 18.4 Å². The number of amides is 1. The zero-order valence-corrected chi connectivity index (χ0v) is 12.2. The second-order valence-corrected chi connectivity index (χ2v) is 6.30. The summed E-state index contributed by atoms with van der Waals surface area (Å²) in [5.74, 6) is 0.931. The quantitative estimate of drug-likeness (QED) is 0.864. The molecule has 1 aromatic carbocycles. The van der Waals surface area contributed by atoms with Crippen molar-refractivity contribution in [1.82, 2.24) is 10.6 Å². The Morgan fingerprint density at radius 3 is 2.65 bits per heavy atom. The molecule has 20 heavy (non-hydrogen) atoms. The number of carbonyl (C=O) groups excluding carboxylic acids is 1. The van der Waals surface area contributed by atoms with E-state index in [1.807, 2.05) is 0 Å². The topological polar surface area (TPSA) is 41.1 Å². The number of carbonyl (C=O) groups is 1. The lowest BCUT2D eigenvalue weighted by molar-refractivity contribution is -0.122. The van der Waals surface area contributed by atoms with E-state index in [0.717, 1.165) is 37.4 Å². The van der Waals surface area contributed by atoms with E-state index in [9.17, 15) is 4.79 Å². The molecular weight excluding hydrogens is 248 g/mol. The van der Waals surface area contributed by atoms with Gasteiger partial charge in [-0.15, -0.1) is 0 Å². The summed E-state index contributed by atoms with van der Waals surface area (Å²) in [6.07, 6.45) is 5.17. The van der Waals surface area contributed by atoms with Crippen molar-refractivity contribution in [3.8, 4) is 0 Å². The molecule has 3 rings (SSSR count). The maximum atomic E-state index is 12.2. The van der Waals surface area contributed by atoms with Gasteiger partial charge in [-0.3, -0.25) is 4.79 Å². The number of hydrogen-bond donors (Lipinski definition) is 2. The second kappa shape index (κ2) is 5.57.